The Kier molecular flexibility index (Phi) is 2.46. The highest BCUT2D eigenvalue weighted by Gasteiger charge is 2.11. The molecule has 1 aromatic heterocycles. The van der Waals surface area contributed by atoms with Crippen molar-refractivity contribution >= 4 is 16.8 Å². The van der Waals surface area contributed by atoms with E-state index in [2.05, 4.69) is 0 Å². The van der Waals surface area contributed by atoms with E-state index in [0.29, 0.717) is 6.42 Å². The maximum absolute atomic E-state index is 11.1. The molecule has 0 fully saturated rings. The first-order chi connectivity index (χ1) is 7.22. The second-order valence-corrected chi connectivity index (χ2v) is 3.47. The second kappa shape index (κ2) is 3.77. The van der Waals surface area contributed by atoms with Gasteiger partial charge in [-0.25, -0.2) is 0 Å². The molecular weight excluding hydrogens is 192 g/mol. The number of rotatable bonds is 3. The van der Waals surface area contributed by atoms with Gasteiger partial charge >= 0.3 is 0 Å². The van der Waals surface area contributed by atoms with Crippen molar-refractivity contribution in [3.63, 3.8) is 0 Å². The smallest absolute Gasteiger partial charge is 0.137 e. The minimum absolute atomic E-state index is 0.114. The molecule has 0 N–H and O–H groups in total. The fraction of sp³-hybridized carbons (Fsp3) is 0.250. The molecule has 0 unspecified atom stereocenters. The lowest BCUT2D eigenvalue weighted by atomic mass is 10.1. The van der Waals surface area contributed by atoms with Crippen LogP contribution in [0.2, 0.25) is 0 Å². The van der Waals surface area contributed by atoms with Crippen LogP contribution in [-0.2, 0) is 11.2 Å². The molecule has 2 rings (SSSR count). The number of carbonyl (C=O) groups excluding carboxylic acids is 1. The molecule has 0 bridgehead atoms. The van der Waals surface area contributed by atoms with Crippen LogP contribution in [0.4, 0.5) is 0 Å². The normalized spacial score (nSPS) is 10.5. The van der Waals surface area contributed by atoms with Gasteiger partial charge in [0.15, 0.2) is 0 Å². The first kappa shape index (κ1) is 9.77. The maximum Gasteiger partial charge on any atom is 0.137 e. The number of fused-ring (bicyclic) bond motifs is 1. The van der Waals surface area contributed by atoms with Gasteiger partial charge in [0.2, 0.25) is 0 Å². The van der Waals surface area contributed by atoms with Gasteiger partial charge in [-0.1, -0.05) is 6.07 Å². The van der Waals surface area contributed by atoms with Crippen LogP contribution in [0, 0.1) is 0 Å². The van der Waals surface area contributed by atoms with Gasteiger partial charge in [0.1, 0.15) is 17.1 Å². The van der Waals surface area contributed by atoms with Crippen LogP contribution in [0.15, 0.2) is 28.9 Å². The third kappa shape index (κ3) is 1.73. The molecule has 0 amide bonds. The first-order valence-electron chi connectivity index (χ1n) is 4.75. The Balaban J connectivity index is 2.60. The average Bonchev–Trinajstić information content (AvgIpc) is 2.61. The number of hydrogen-bond acceptors (Lipinski definition) is 3. The van der Waals surface area contributed by atoms with E-state index in [1.165, 1.54) is 0 Å². The molecule has 0 saturated carbocycles. The summed E-state index contributed by atoms with van der Waals surface area (Å²) in [5.74, 6) is 0.862. The molecule has 3 nitrogen and oxygen atoms in total. The van der Waals surface area contributed by atoms with Gasteiger partial charge < -0.3 is 9.15 Å². The lowest BCUT2D eigenvalue weighted by molar-refractivity contribution is -0.116. The van der Waals surface area contributed by atoms with Gasteiger partial charge in [0.05, 0.1) is 18.8 Å². The van der Waals surface area contributed by atoms with Crippen LogP contribution in [0.25, 0.3) is 11.0 Å². The predicted molar refractivity (Wildman–Crippen MR) is 57.2 cm³/mol. The highest BCUT2D eigenvalue weighted by Crippen LogP contribution is 2.30. The molecule has 2 aromatic rings. The molecule has 0 saturated heterocycles. The quantitative estimate of drug-likeness (QED) is 0.771. The lowest BCUT2D eigenvalue weighted by Crippen LogP contribution is -1.95. The Hall–Kier alpha value is -1.77. The van der Waals surface area contributed by atoms with Crippen molar-refractivity contribution in [1.29, 1.82) is 0 Å². The molecule has 1 heterocycles. The number of Topliss-reactive ketones (excluding diaryl/α,β-unsaturated/α-hetero) is 1. The summed E-state index contributed by atoms with van der Waals surface area (Å²) in [5.41, 5.74) is 1.64. The molecule has 3 heteroatoms. The van der Waals surface area contributed by atoms with E-state index in [1.807, 2.05) is 18.2 Å². The summed E-state index contributed by atoms with van der Waals surface area (Å²) in [7, 11) is 1.61. The third-order valence-corrected chi connectivity index (χ3v) is 2.30. The van der Waals surface area contributed by atoms with Crippen molar-refractivity contribution in [2.75, 3.05) is 7.11 Å². The van der Waals surface area contributed by atoms with Gasteiger partial charge in [0.25, 0.3) is 0 Å². The summed E-state index contributed by atoms with van der Waals surface area (Å²) >= 11 is 0. The molecule has 0 atom stereocenters. The van der Waals surface area contributed by atoms with E-state index in [9.17, 15) is 4.79 Å². The standard InChI is InChI=1S/C12H12O3/c1-8(13)6-9-7-15-11-5-3-4-10(14-2)12(9)11/h3-5,7H,6H2,1-2H3. The molecule has 0 aliphatic carbocycles. The van der Waals surface area contributed by atoms with Crippen molar-refractivity contribution in [3.05, 3.63) is 30.0 Å². The monoisotopic (exact) mass is 204 g/mol. The van der Waals surface area contributed by atoms with Crippen molar-refractivity contribution in [1.82, 2.24) is 0 Å². The highest BCUT2D eigenvalue weighted by molar-refractivity contribution is 5.91. The van der Waals surface area contributed by atoms with Crippen molar-refractivity contribution < 1.29 is 13.9 Å². The highest BCUT2D eigenvalue weighted by atomic mass is 16.5. The minimum Gasteiger partial charge on any atom is -0.496 e. The van der Waals surface area contributed by atoms with Gasteiger partial charge in [-0.15, -0.1) is 0 Å². The maximum atomic E-state index is 11.1. The Labute approximate surface area is 87.6 Å². The number of hydrogen-bond donors (Lipinski definition) is 0. The Bertz CT molecular complexity index is 497. The van der Waals surface area contributed by atoms with Crippen LogP contribution >= 0.6 is 0 Å². The van der Waals surface area contributed by atoms with Gasteiger partial charge in [-0.2, -0.15) is 0 Å². The summed E-state index contributed by atoms with van der Waals surface area (Å²) in [4.78, 5) is 11.1. The van der Waals surface area contributed by atoms with Crippen molar-refractivity contribution in [2.24, 2.45) is 0 Å². The first-order valence-corrected chi connectivity index (χ1v) is 4.75. The number of carbonyl (C=O) groups is 1. The molecule has 78 valence electrons. The average molecular weight is 204 g/mol. The minimum atomic E-state index is 0.114. The van der Waals surface area contributed by atoms with Gasteiger partial charge in [-0.05, 0) is 19.1 Å². The number of benzene rings is 1. The van der Waals surface area contributed by atoms with E-state index in [1.54, 1.807) is 20.3 Å². The van der Waals surface area contributed by atoms with Crippen LogP contribution in [0.3, 0.4) is 0 Å². The van der Waals surface area contributed by atoms with E-state index >= 15 is 0 Å². The van der Waals surface area contributed by atoms with Gasteiger partial charge in [-0.3, -0.25) is 4.79 Å². The Morgan fingerprint density at radius 3 is 2.93 bits per heavy atom. The van der Waals surface area contributed by atoms with Crippen LogP contribution in [0.1, 0.15) is 12.5 Å². The molecule has 0 spiro atoms. The van der Waals surface area contributed by atoms with E-state index in [-0.39, 0.29) is 5.78 Å². The third-order valence-electron chi connectivity index (χ3n) is 2.30. The van der Waals surface area contributed by atoms with E-state index in [0.717, 1.165) is 22.3 Å². The van der Waals surface area contributed by atoms with Gasteiger partial charge in [0, 0.05) is 12.0 Å². The Morgan fingerprint density at radius 2 is 2.27 bits per heavy atom. The zero-order valence-electron chi connectivity index (χ0n) is 8.74. The van der Waals surface area contributed by atoms with Crippen molar-refractivity contribution in [3.8, 4) is 5.75 Å². The molecule has 0 aliphatic rings. The lowest BCUT2D eigenvalue weighted by Gasteiger charge is -2.02. The van der Waals surface area contributed by atoms with Crippen LogP contribution < -0.4 is 4.74 Å². The van der Waals surface area contributed by atoms with Crippen LogP contribution in [-0.4, -0.2) is 12.9 Å². The van der Waals surface area contributed by atoms with E-state index < -0.39 is 0 Å². The summed E-state index contributed by atoms with van der Waals surface area (Å²) in [5, 5.41) is 0.898. The molecule has 0 radical (unpaired) electrons. The molecule has 15 heavy (non-hydrogen) atoms. The summed E-state index contributed by atoms with van der Waals surface area (Å²) in [6.45, 7) is 1.56. The number of ketones is 1. The molecule has 1 aromatic carbocycles. The van der Waals surface area contributed by atoms with E-state index in [4.69, 9.17) is 9.15 Å². The Morgan fingerprint density at radius 1 is 1.47 bits per heavy atom. The fourth-order valence-electron chi connectivity index (χ4n) is 1.69. The summed E-state index contributed by atoms with van der Waals surface area (Å²) in [6, 6.07) is 5.59. The summed E-state index contributed by atoms with van der Waals surface area (Å²) in [6.07, 6.45) is 2.00. The molecular formula is C12H12O3. The predicted octanol–water partition coefficient (Wildman–Crippen LogP) is 2.57. The van der Waals surface area contributed by atoms with Crippen molar-refractivity contribution in [2.45, 2.75) is 13.3 Å². The number of ether oxygens (including phenoxy) is 1. The second-order valence-electron chi connectivity index (χ2n) is 3.47. The SMILES string of the molecule is COc1cccc2occ(CC(C)=O)c12. The number of furan rings is 1. The van der Waals surface area contributed by atoms with Crippen LogP contribution in [0.5, 0.6) is 5.75 Å². The number of methoxy groups -OCH3 is 1. The largest absolute Gasteiger partial charge is 0.496 e. The fourth-order valence-corrected chi connectivity index (χ4v) is 1.69. The zero-order chi connectivity index (χ0) is 10.8. The summed E-state index contributed by atoms with van der Waals surface area (Å²) < 4.78 is 10.6. The molecule has 0 aliphatic heterocycles. The zero-order valence-corrected chi connectivity index (χ0v) is 8.74. The topological polar surface area (TPSA) is 39.4 Å².